The third kappa shape index (κ3) is 5.16. The van der Waals surface area contributed by atoms with Crippen LogP contribution in [0.4, 0.5) is 26.3 Å². The van der Waals surface area contributed by atoms with Gasteiger partial charge in [0, 0.05) is 17.5 Å². The van der Waals surface area contributed by atoms with Gasteiger partial charge in [-0.1, -0.05) is 67.6 Å². The van der Waals surface area contributed by atoms with E-state index in [1.807, 2.05) is 0 Å². The quantitative estimate of drug-likeness (QED) is 0.190. The highest BCUT2D eigenvalue weighted by molar-refractivity contribution is 5.74. The normalized spacial score (nSPS) is 12.0. The summed E-state index contributed by atoms with van der Waals surface area (Å²) in [6, 6.07) is 18.8. The van der Waals surface area contributed by atoms with Crippen LogP contribution in [0.15, 0.2) is 84.7 Å². The minimum absolute atomic E-state index is 0.0267. The molecule has 0 aromatic heterocycles. The van der Waals surface area contributed by atoms with Crippen molar-refractivity contribution in [3.63, 3.8) is 0 Å². The Morgan fingerprint density at radius 2 is 1.06 bits per heavy atom. The lowest BCUT2D eigenvalue weighted by molar-refractivity contribution is 0.448. The monoisotopic (exact) mass is 482 g/mol. The van der Waals surface area contributed by atoms with Gasteiger partial charge in [-0.25, -0.2) is 26.3 Å². The molecular weight excluding hydrogens is 462 g/mol. The second-order valence-electron chi connectivity index (χ2n) is 8.07. The van der Waals surface area contributed by atoms with Crippen LogP contribution < -0.4 is 0 Å². The predicted molar refractivity (Wildman–Crippen MR) is 127 cm³/mol. The fourth-order valence-corrected chi connectivity index (χ4v) is 3.79. The predicted octanol–water partition coefficient (Wildman–Crippen LogP) is 9.65. The van der Waals surface area contributed by atoms with Crippen LogP contribution in [-0.4, -0.2) is 0 Å². The number of allylic oxidation sites excluding steroid dienone is 1. The summed E-state index contributed by atoms with van der Waals surface area (Å²) in [5.41, 5.74) is 2.77. The SMILES string of the molecule is CCCC(F)=C(F)c1ccc(-c2ccc(-c3ccc(-c4cc(F)c(F)c(F)c4)cc3)c(F)c2)cc1. The van der Waals surface area contributed by atoms with E-state index in [1.54, 1.807) is 55.5 Å². The maximum atomic E-state index is 14.9. The molecule has 0 heterocycles. The van der Waals surface area contributed by atoms with Crippen LogP contribution >= 0.6 is 0 Å². The van der Waals surface area contributed by atoms with E-state index in [4.69, 9.17) is 0 Å². The Bertz CT molecular complexity index is 1360. The number of hydrogen-bond donors (Lipinski definition) is 0. The van der Waals surface area contributed by atoms with Crippen LogP contribution in [-0.2, 0) is 0 Å². The Hall–Kier alpha value is -3.80. The van der Waals surface area contributed by atoms with Gasteiger partial charge in [0.1, 0.15) is 11.6 Å². The zero-order valence-corrected chi connectivity index (χ0v) is 18.7. The number of hydrogen-bond acceptors (Lipinski definition) is 0. The molecule has 0 unspecified atom stereocenters. The molecule has 4 aromatic rings. The van der Waals surface area contributed by atoms with Crippen LogP contribution in [0.25, 0.3) is 39.2 Å². The summed E-state index contributed by atoms with van der Waals surface area (Å²) in [5.74, 6) is -6.30. The van der Waals surface area contributed by atoms with Crippen LogP contribution in [0.3, 0.4) is 0 Å². The molecule has 0 nitrogen and oxygen atoms in total. The summed E-state index contributed by atoms with van der Waals surface area (Å²) >= 11 is 0. The van der Waals surface area contributed by atoms with Gasteiger partial charge in [-0.15, -0.1) is 0 Å². The molecule has 0 fully saturated rings. The molecule has 0 aliphatic rings. The van der Waals surface area contributed by atoms with E-state index < -0.39 is 34.9 Å². The molecule has 178 valence electrons. The van der Waals surface area contributed by atoms with Gasteiger partial charge < -0.3 is 0 Å². The lowest BCUT2D eigenvalue weighted by Gasteiger charge is -2.09. The molecule has 0 bridgehead atoms. The van der Waals surface area contributed by atoms with Crippen molar-refractivity contribution >= 4 is 5.83 Å². The van der Waals surface area contributed by atoms with E-state index in [2.05, 4.69) is 0 Å². The summed E-state index contributed by atoms with van der Waals surface area (Å²) < 4.78 is 83.1. The standard InChI is InChI=1S/C29H20F6/c1-2-3-24(30)28(34)20-10-6-17(7-11-20)21-12-13-23(25(31)14-21)19-8-4-18(5-9-19)22-15-26(32)29(35)27(33)16-22/h4-16H,2-3H2,1H3. The largest absolute Gasteiger partial charge is 0.209 e. The maximum absolute atomic E-state index is 14.9. The molecule has 4 aromatic carbocycles. The van der Waals surface area contributed by atoms with Crippen molar-refractivity contribution in [2.75, 3.05) is 0 Å². The molecule has 35 heavy (non-hydrogen) atoms. The second kappa shape index (κ2) is 10.2. The number of benzene rings is 4. The van der Waals surface area contributed by atoms with Crippen molar-refractivity contribution in [2.45, 2.75) is 19.8 Å². The van der Waals surface area contributed by atoms with E-state index in [0.717, 1.165) is 12.1 Å². The first-order valence-electron chi connectivity index (χ1n) is 11.0. The Labute approximate surface area is 199 Å². The van der Waals surface area contributed by atoms with Gasteiger partial charge in [-0.2, -0.15) is 0 Å². The highest BCUT2D eigenvalue weighted by Gasteiger charge is 2.13. The molecule has 0 N–H and O–H groups in total. The van der Waals surface area contributed by atoms with Crippen LogP contribution in [0.5, 0.6) is 0 Å². The lowest BCUT2D eigenvalue weighted by atomic mass is 9.97. The zero-order valence-electron chi connectivity index (χ0n) is 18.7. The fraction of sp³-hybridized carbons (Fsp3) is 0.103. The molecule has 0 amide bonds. The van der Waals surface area contributed by atoms with Gasteiger partial charge >= 0.3 is 0 Å². The molecule has 0 radical (unpaired) electrons. The minimum Gasteiger partial charge on any atom is -0.209 e. The lowest BCUT2D eigenvalue weighted by Crippen LogP contribution is -1.92. The first kappa shape index (κ1) is 24.3. The smallest absolute Gasteiger partial charge is 0.194 e. The Morgan fingerprint density at radius 3 is 1.63 bits per heavy atom. The van der Waals surface area contributed by atoms with E-state index >= 15 is 0 Å². The Morgan fingerprint density at radius 1 is 0.571 bits per heavy atom. The Kier molecular flexibility index (Phi) is 7.10. The van der Waals surface area contributed by atoms with Crippen molar-refractivity contribution in [3.8, 4) is 33.4 Å². The zero-order chi connectivity index (χ0) is 25.1. The van der Waals surface area contributed by atoms with E-state index in [0.29, 0.717) is 34.2 Å². The van der Waals surface area contributed by atoms with E-state index in [9.17, 15) is 26.3 Å². The summed E-state index contributed by atoms with van der Waals surface area (Å²) in [6.45, 7) is 1.76. The topological polar surface area (TPSA) is 0 Å². The van der Waals surface area contributed by atoms with Crippen molar-refractivity contribution in [3.05, 3.63) is 114 Å². The molecule has 0 saturated heterocycles. The third-order valence-electron chi connectivity index (χ3n) is 5.66. The minimum atomic E-state index is -1.53. The van der Waals surface area contributed by atoms with E-state index in [1.165, 1.54) is 18.2 Å². The van der Waals surface area contributed by atoms with Gasteiger partial charge in [0.2, 0.25) is 0 Å². The second-order valence-corrected chi connectivity index (χ2v) is 8.07. The Balaban J connectivity index is 1.57. The average molecular weight is 482 g/mol. The summed E-state index contributed by atoms with van der Waals surface area (Å²) in [6.07, 6.45) is 0.522. The van der Waals surface area contributed by atoms with Gasteiger partial charge in [0.05, 0.1) is 0 Å². The summed E-state index contributed by atoms with van der Waals surface area (Å²) in [7, 11) is 0. The fourth-order valence-electron chi connectivity index (χ4n) is 3.79. The number of rotatable bonds is 6. The van der Waals surface area contributed by atoms with Gasteiger partial charge in [0.25, 0.3) is 0 Å². The first-order chi connectivity index (χ1) is 16.8. The third-order valence-corrected chi connectivity index (χ3v) is 5.66. The van der Waals surface area contributed by atoms with Crippen LogP contribution in [0.1, 0.15) is 25.3 Å². The van der Waals surface area contributed by atoms with Crippen molar-refractivity contribution in [1.29, 1.82) is 0 Å². The average Bonchev–Trinajstić information content (AvgIpc) is 2.87. The molecule has 0 aliphatic carbocycles. The molecular formula is C29H20F6. The number of halogens is 6. The van der Waals surface area contributed by atoms with E-state index in [-0.39, 0.29) is 17.5 Å². The van der Waals surface area contributed by atoms with Crippen molar-refractivity contribution in [1.82, 2.24) is 0 Å². The van der Waals surface area contributed by atoms with Gasteiger partial charge in [-0.3, -0.25) is 0 Å². The molecule has 0 spiro atoms. The van der Waals surface area contributed by atoms with Crippen molar-refractivity contribution in [2.24, 2.45) is 0 Å². The first-order valence-corrected chi connectivity index (χ1v) is 11.0. The van der Waals surface area contributed by atoms with Gasteiger partial charge in [-0.05, 0) is 52.4 Å². The van der Waals surface area contributed by atoms with Gasteiger partial charge in [0.15, 0.2) is 23.3 Å². The molecule has 4 rings (SSSR count). The maximum Gasteiger partial charge on any atom is 0.194 e. The molecule has 6 heteroatoms. The molecule has 0 atom stereocenters. The highest BCUT2D eigenvalue weighted by atomic mass is 19.2. The van der Waals surface area contributed by atoms with Crippen LogP contribution in [0, 0.1) is 23.3 Å². The molecule has 0 saturated carbocycles. The summed E-state index contributed by atoms with van der Waals surface area (Å²) in [4.78, 5) is 0. The summed E-state index contributed by atoms with van der Waals surface area (Å²) in [5, 5.41) is 0. The highest BCUT2D eigenvalue weighted by Crippen LogP contribution is 2.32. The molecule has 0 aliphatic heterocycles. The van der Waals surface area contributed by atoms with Crippen LogP contribution in [0.2, 0.25) is 0 Å². The van der Waals surface area contributed by atoms with Crippen molar-refractivity contribution < 1.29 is 26.3 Å².